The molecule has 4 rings (SSSR count). The number of likely N-dealkylation sites (tertiary alicyclic amines) is 1. The van der Waals surface area contributed by atoms with Crippen molar-refractivity contribution in [2.75, 3.05) is 39.4 Å². The third-order valence-electron chi connectivity index (χ3n) is 5.35. The average Bonchev–Trinajstić information content (AvgIpc) is 3.35. The molecule has 152 valence electrons. The molecule has 2 aliphatic heterocycles. The van der Waals surface area contributed by atoms with Crippen molar-refractivity contribution in [1.82, 2.24) is 4.90 Å². The lowest BCUT2D eigenvalue weighted by molar-refractivity contribution is -0.907. The molecule has 0 spiro atoms. The monoisotopic (exact) mass is 400 g/mol. The number of halogens is 1. The maximum Gasteiger partial charge on any atom is 0.295 e. The minimum absolute atomic E-state index is 0.153. The molecule has 0 saturated carbocycles. The van der Waals surface area contributed by atoms with Gasteiger partial charge in [0.25, 0.3) is 5.91 Å². The predicted octanol–water partition coefficient (Wildman–Crippen LogP) is -0.442. The summed E-state index contributed by atoms with van der Waals surface area (Å²) in [6, 6.07) is 7.32. The second-order valence-electron chi connectivity index (χ2n) is 7.11. The fraction of sp³-hybridized carbons (Fsp3) is 0.333. The van der Waals surface area contributed by atoms with Gasteiger partial charge in [0.05, 0.1) is 32.6 Å². The number of nitrogens with one attached hydrogen (secondary N) is 1. The normalized spacial score (nSPS) is 22.4. The van der Waals surface area contributed by atoms with Crippen molar-refractivity contribution in [3.8, 4) is 0 Å². The molecule has 2 fully saturated rings. The van der Waals surface area contributed by atoms with Crippen LogP contribution in [0.25, 0.3) is 5.76 Å². The van der Waals surface area contributed by atoms with Gasteiger partial charge in [0.2, 0.25) is 5.78 Å². The Kier molecular flexibility index (Phi) is 5.46. The quantitative estimate of drug-likeness (QED) is 0.418. The Morgan fingerprint density at radius 3 is 2.55 bits per heavy atom. The van der Waals surface area contributed by atoms with Crippen LogP contribution in [0.3, 0.4) is 0 Å². The number of nitrogens with zero attached hydrogens (tertiary/aromatic N) is 1. The van der Waals surface area contributed by atoms with Gasteiger partial charge in [0.15, 0.2) is 0 Å². The summed E-state index contributed by atoms with van der Waals surface area (Å²) in [5, 5.41) is 13.0. The molecule has 7 nitrogen and oxygen atoms in total. The van der Waals surface area contributed by atoms with Crippen LogP contribution in [0, 0.1) is 5.82 Å². The zero-order chi connectivity index (χ0) is 20.4. The maximum absolute atomic E-state index is 13.2. The van der Waals surface area contributed by atoms with Crippen LogP contribution in [0.5, 0.6) is 0 Å². The molecule has 1 aromatic heterocycles. The number of furan rings is 1. The predicted molar refractivity (Wildman–Crippen MR) is 97.9 cm³/mol. The highest BCUT2D eigenvalue weighted by Crippen LogP contribution is 2.38. The van der Waals surface area contributed by atoms with Crippen molar-refractivity contribution >= 4 is 17.4 Å². The first-order valence-electron chi connectivity index (χ1n) is 9.53. The molecule has 1 unspecified atom stereocenters. The number of amides is 1. The molecule has 2 aromatic rings. The molecular weight excluding hydrogens is 379 g/mol. The third-order valence-corrected chi connectivity index (χ3v) is 5.35. The van der Waals surface area contributed by atoms with E-state index in [-0.39, 0.29) is 11.1 Å². The third kappa shape index (κ3) is 3.81. The zero-order valence-electron chi connectivity index (χ0n) is 15.7. The van der Waals surface area contributed by atoms with Gasteiger partial charge in [-0.3, -0.25) is 9.59 Å². The van der Waals surface area contributed by atoms with Crippen molar-refractivity contribution in [2.45, 2.75) is 6.04 Å². The van der Waals surface area contributed by atoms with E-state index in [4.69, 9.17) is 9.15 Å². The van der Waals surface area contributed by atoms with E-state index in [0.717, 1.165) is 25.2 Å². The summed E-state index contributed by atoms with van der Waals surface area (Å²) in [7, 11) is 0. The molecule has 1 amide bonds. The van der Waals surface area contributed by atoms with Crippen LogP contribution in [0.2, 0.25) is 0 Å². The summed E-state index contributed by atoms with van der Waals surface area (Å²) in [5.41, 5.74) is -0.00621. The molecule has 29 heavy (non-hydrogen) atoms. The Hall–Kier alpha value is -2.97. The van der Waals surface area contributed by atoms with E-state index in [1.807, 2.05) is 0 Å². The van der Waals surface area contributed by atoms with Gasteiger partial charge in [-0.1, -0.05) is 17.9 Å². The second kappa shape index (κ2) is 8.18. The molecule has 1 aromatic carbocycles. The van der Waals surface area contributed by atoms with Crippen molar-refractivity contribution in [3.63, 3.8) is 0 Å². The summed E-state index contributed by atoms with van der Waals surface area (Å²) in [4.78, 5) is 28.2. The lowest BCUT2D eigenvalue weighted by Gasteiger charge is -2.29. The van der Waals surface area contributed by atoms with Gasteiger partial charge in [-0.15, -0.1) is 0 Å². The van der Waals surface area contributed by atoms with E-state index in [1.54, 1.807) is 12.1 Å². The number of morpholine rings is 1. The van der Waals surface area contributed by atoms with Gasteiger partial charge in [0.1, 0.15) is 30.7 Å². The molecule has 0 radical (unpaired) electrons. The summed E-state index contributed by atoms with van der Waals surface area (Å²) in [6.45, 7) is 3.91. The van der Waals surface area contributed by atoms with E-state index < -0.39 is 29.3 Å². The van der Waals surface area contributed by atoms with Crippen LogP contribution >= 0.6 is 0 Å². The lowest BCUT2D eigenvalue weighted by Crippen LogP contribution is -3.14. The van der Waals surface area contributed by atoms with Crippen LogP contribution < -0.4 is 10.0 Å². The number of ether oxygens (including phenoxy) is 1. The van der Waals surface area contributed by atoms with E-state index in [9.17, 15) is 19.1 Å². The van der Waals surface area contributed by atoms with E-state index in [2.05, 4.69) is 0 Å². The molecule has 2 aliphatic rings. The first-order chi connectivity index (χ1) is 14.1. The van der Waals surface area contributed by atoms with Crippen molar-refractivity contribution in [3.05, 3.63) is 65.4 Å². The van der Waals surface area contributed by atoms with E-state index in [0.29, 0.717) is 32.1 Å². The van der Waals surface area contributed by atoms with Gasteiger partial charge in [-0.2, -0.15) is 0 Å². The highest BCUT2D eigenvalue weighted by atomic mass is 19.1. The Bertz CT molecular complexity index is 917. The summed E-state index contributed by atoms with van der Waals surface area (Å²) < 4.78 is 24.0. The molecule has 0 bridgehead atoms. The number of Topliss-reactive ketones (excluding diaryl/α,β-unsaturated/α-hetero) is 1. The number of hydrogen-bond acceptors (Lipinski definition) is 5. The van der Waals surface area contributed by atoms with Crippen molar-refractivity contribution in [2.24, 2.45) is 0 Å². The van der Waals surface area contributed by atoms with Crippen molar-refractivity contribution < 1.29 is 33.1 Å². The summed E-state index contributed by atoms with van der Waals surface area (Å²) in [6.07, 6.45) is 1.44. The van der Waals surface area contributed by atoms with Crippen LogP contribution in [0.1, 0.15) is 17.4 Å². The lowest BCUT2D eigenvalue weighted by atomic mass is 9.99. The van der Waals surface area contributed by atoms with Crippen LogP contribution in [0.15, 0.2) is 52.7 Å². The average molecular weight is 400 g/mol. The SMILES string of the molecule is O=C1C(=O)N(CC[NH+]2CCOCC2)C(c2ccco2)/C1=C(\[O-])c1ccc(F)cc1. The Balaban J connectivity index is 1.68. The largest absolute Gasteiger partial charge is 0.872 e. The molecule has 1 atom stereocenters. The fourth-order valence-electron chi connectivity index (χ4n) is 3.79. The first-order valence-corrected chi connectivity index (χ1v) is 9.53. The van der Waals surface area contributed by atoms with E-state index >= 15 is 0 Å². The van der Waals surface area contributed by atoms with Gasteiger partial charge in [-0.05, 0) is 29.8 Å². The van der Waals surface area contributed by atoms with Crippen LogP contribution in [-0.4, -0.2) is 56.0 Å². The van der Waals surface area contributed by atoms with Gasteiger partial charge < -0.3 is 24.1 Å². The number of ketones is 1. The highest BCUT2D eigenvalue weighted by molar-refractivity contribution is 6.46. The minimum atomic E-state index is -0.886. The number of carbonyl (C=O) groups is 2. The fourth-order valence-corrected chi connectivity index (χ4v) is 3.79. The number of quaternary nitrogens is 1. The van der Waals surface area contributed by atoms with Gasteiger partial charge >= 0.3 is 0 Å². The summed E-state index contributed by atoms with van der Waals surface area (Å²) in [5.74, 6) is -2.28. The Morgan fingerprint density at radius 2 is 1.90 bits per heavy atom. The standard InChI is InChI=1S/C21H21FN2O5/c22-15-5-3-14(4-6-15)19(25)17-18(16-2-1-11-29-16)24(21(27)20(17)26)8-7-23-9-12-28-13-10-23/h1-6,11,18,25H,7-10,12-13H2/b19-17+. The number of rotatable bonds is 5. The molecule has 2 saturated heterocycles. The topological polar surface area (TPSA) is 87.2 Å². The Labute approximate surface area is 167 Å². The second-order valence-corrected chi connectivity index (χ2v) is 7.11. The smallest absolute Gasteiger partial charge is 0.295 e. The van der Waals surface area contributed by atoms with Gasteiger partial charge in [0, 0.05) is 5.57 Å². The van der Waals surface area contributed by atoms with Crippen molar-refractivity contribution in [1.29, 1.82) is 0 Å². The first kappa shape index (κ1) is 19.4. The number of hydrogen-bond donors (Lipinski definition) is 1. The molecule has 3 heterocycles. The van der Waals surface area contributed by atoms with E-state index in [1.165, 1.54) is 28.2 Å². The number of carbonyl (C=O) groups excluding carboxylic acids is 2. The molecule has 1 N–H and O–H groups in total. The highest BCUT2D eigenvalue weighted by Gasteiger charge is 2.45. The Morgan fingerprint density at radius 1 is 1.17 bits per heavy atom. The molecular formula is C21H21FN2O5. The summed E-state index contributed by atoms with van der Waals surface area (Å²) >= 11 is 0. The molecule has 0 aliphatic carbocycles. The molecule has 8 heteroatoms. The zero-order valence-corrected chi connectivity index (χ0v) is 15.7. The van der Waals surface area contributed by atoms with Crippen LogP contribution in [-0.2, 0) is 14.3 Å². The maximum atomic E-state index is 13.2. The minimum Gasteiger partial charge on any atom is -0.872 e. The number of benzene rings is 1. The van der Waals surface area contributed by atoms with Gasteiger partial charge in [-0.25, -0.2) is 4.39 Å². The van der Waals surface area contributed by atoms with Crippen LogP contribution in [0.4, 0.5) is 4.39 Å².